The second-order valence-electron chi connectivity index (χ2n) is 9.15. The number of aryl methyl sites for hydroxylation is 1. The number of aromatic nitrogens is 1. The second kappa shape index (κ2) is 8.67. The van der Waals surface area contributed by atoms with Crippen LogP contribution in [0.3, 0.4) is 0 Å². The molecule has 1 atom stereocenters. The van der Waals surface area contributed by atoms with E-state index in [1.807, 2.05) is 61.1 Å². The van der Waals surface area contributed by atoms with Crippen molar-refractivity contribution in [2.24, 2.45) is 4.99 Å². The number of hydrogen-bond acceptors (Lipinski definition) is 4. The Labute approximate surface area is 212 Å². The number of thiazole rings is 1. The summed E-state index contributed by atoms with van der Waals surface area (Å²) in [6.07, 6.45) is 3.79. The van der Waals surface area contributed by atoms with Gasteiger partial charge in [0, 0.05) is 30.4 Å². The molecule has 0 amide bonds. The van der Waals surface area contributed by atoms with Gasteiger partial charge in [0.2, 0.25) is 0 Å². The quantitative estimate of drug-likeness (QED) is 0.398. The number of halogens is 1. The first-order chi connectivity index (χ1) is 17.0. The number of rotatable bonds is 3. The van der Waals surface area contributed by atoms with E-state index in [-0.39, 0.29) is 11.6 Å². The minimum atomic E-state index is -0.190. The normalized spacial score (nSPS) is 16.9. The second-order valence-corrected chi connectivity index (χ2v) is 10.6. The third-order valence-electron chi connectivity index (χ3n) is 6.77. The molecule has 0 unspecified atom stereocenters. The standard InChI is InChI=1S/C29H24ClN3OS/c1-32(2)22-14-7-18(8-15-22)17-25-28(34)33-27(20-9-12-21(30)13-10-20)24-16-11-19-5-3-4-6-23(19)26(24)31-29(33)35-25/h3-10,12-15,17,27H,11,16H2,1-2H3/b25-17+/t27-/m1/s1. The predicted octanol–water partition coefficient (Wildman–Crippen LogP) is 5.04. The van der Waals surface area contributed by atoms with Crippen LogP contribution in [0.15, 0.2) is 88.2 Å². The van der Waals surface area contributed by atoms with Crippen LogP contribution in [0.1, 0.15) is 34.7 Å². The third-order valence-corrected chi connectivity index (χ3v) is 8.00. The van der Waals surface area contributed by atoms with Gasteiger partial charge in [0.1, 0.15) is 0 Å². The first kappa shape index (κ1) is 22.1. The Kier molecular flexibility index (Phi) is 5.47. The fourth-order valence-corrected chi connectivity index (χ4v) is 6.11. The van der Waals surface area contributed by atoms with Crippen molar-refractivity contribution in [3.63, 3.8) is 0 Å². The van der Waals surface area contributed by atoms with E-state index in [1.165, 1.54) is 28.0 Å². The van der Waals surface area contributed by atoms with Gasteiger partial charge in [-0.15, -0.1) is 0 Å². The van der Waals surface area contributed by atoms with Crippen molar-refractivity contribution in [1.29, 1.82) is 0 Å². The third kappa shape index (κ3) is 3.85. The molecule has 0 radical (unpaired) electrons. The van der Waals surface area contributed by atoms with E-state index in [1.54, 1.807) is 0 Å². The summed E-state index contributed by atoms with van der Waals surface area (Å²) in [6, 6.07) is 24.4. The summed E-state index contributed by atoms with van der Waals surface area (Å²) < 4.78 is 2.56. The molecule has 35 heavy (non-hydrogen) atoms. The van der Waals surface area contributed by atoms with Gasteiger partial charge >= 0.3 is 0 Å². The Morgan fingerprint density at radius 2 is 1.74 bits per heavy atom. The van der Waals surface area contributed by atoms with Crippen molar-refractivity contribution in [2.75, 3.05) is 19.0 Å². The molecule has 174 valence electrons. The van der Waals surface area contributed by atoms with Gasteiger partial charge in [0.15, 0.2) is 4.80 Å². The summed E-state index contributed by atoms with van der Waals surface area (Å²) in [5.41, 5.74) is 7.86. The largest absolute Gasteiger partial charge is 0.378 e. The smallest absolute Gasteiger partial charge is 0.271 e. The SMILES string of the molecule is CN(C)c1ccc(/C=c2/sc3n(c2=O)[C@H](c2ccc(Cl)cc2)C2=C(N=3)c3ccccc3CC2)cc1. The van der Waals surface area contributed by atoms with E-state index in [2.05, 4.69) is 41.3 Å². The van der Waals surface area contributed by atoms with Crippen LogP contribution in [0, 0.1) is 0 Å². The van der Waals surface area contributed by atoms with Gasteiger partial charge in [-0.3, -0.25) is 9.36 Å². The molecule has 4 aromatic rings. The summed E-state index contributed by atoms with van der Waals surface area (Å²) in [7, 11) is 4.04. The number of nitrogens with zero attached hydrogens (tertiary/aromatic N) is 3. The lowest BCUT2D eigenvalue weighted by atomic mass is 9.83. The van der Waals surface area contributed by atoms with Crippen molar-refractivity contribution in [1.82, 2.24) is 4.57 Å². The number of hydrogen-bond donors (Lipinski definition) is 0. The van der Waals surface area contributed by atoms with Crippen molar-refractivity contribution in [2.45, 2.75) is 18.9 Å². The zero-order valence-corrected chi connectivity index (χ0v) is 21.1. The Morgan fingerprint density at radius 1 is 1.00 bits per heavy atom. The van der Waals surface area contributed by atoms with Crippen LogP contribution >= 0.6 is 22.9 Å². The van der Waals surface area contributed by atoms with E-state index in [9.17, 15) is 4.79 Å². The van der Waals surface area contributed by atoms with Gasteiger partial charge in [-0.1, -0.05) is 71.5 Å². The van der Waals surface area contributed by atoms with Crippen molar-refractivity contribution in [3.8, 4) is 0 Å². The highest BCUT2D eigenvalue weighted by Gasteiger charge is 2.32. The molecular formula is C29H24ClN3OS. The van der Waals surface area contributed by atoms with E-state index < -0.39 is 0 Å². The summed E-state index contributed by atoms with van der Waals surface area (Å²) in [4.78, 5) is 21.7. The average molecular weight is 498 g/mol. The molecule has 0 saturated carbocycles. The molecule has 0 bridgehead atoms. The van der Waals surface area contributed by atoms with E-state index in [0.717, 1.165) is 40.2 Å². The monoisotopic (exact) mass is 497 g/mol. The predicted molar refractivity (Wildman–Crippen MR) is 145 cm³/mol. The maximum atomic E-state index is 13.8. The number of benzene rings is 3. The molecule has 4 nitrogen and oxygen atoms in total. The van der Waals surface area contributed by atoms with Crippen LogP contribution in [0.25, 0.3) is 11.8 Å². The molecule has 0 spiro atoms. The maximum Gasteiger partial charge on any atom is 0.271 e. The molecule has 6 rings (SSSR count). The average Bonchev–Trinajstić information content (AvgIpc) is 3.18. The van der Waals surface area contributed by atoms with Crippen LogP contribution < -0.4 is 19.8 Å². The molecule has 2 heterocycles. The van der Waals surface area contributed by atoms with Crippen LogP contribution in [0.4, 0.5) is 5.69 Å². The topological polar surface area (TPSA) is 37.6 Å². The molecule has 0 saturated heterocycles. The lowest BCUT2D eigenvalue weighted by Crippen LogP contribution is -2.38. The van der Waals surface area contributed by atoms with Crippen LogP contribution in [0.2, 0.25) is 5.02 Å². The van der Waals surface area contributed by atoms with Gasteiger partial charge in [-0.05, 0) is 65.4 Å². The first-order valence-electron chi connectivity index (χ1n) is 11.7. The maximum absolute atomic E-state index is 13.8. The molecule has 1 aliphatic heterocycles. The van der Waals surface area contributed by atoms with E-state index >= 15 is 0 Å². The minimum absolute atomic E-state index is 0.00389. The molecule has 3 aromatic carbocycles. The Hall–Kier alpha value is -3.41. The van der Waals surface area contributed by atoms with Crippen molar-refractivity contribution < 1.29 is 0 Å². The molecule has 0 N–H and O–H groups in total. The highest BCUT2D eigenvalue weighted by Crippen LogP contribution is 2.41. The Balaban J connectivity index is 1.57. The highest BCUT2D eigenvalue weighted by molar-refractivity contribution is 7.07. The molecular weight excluding hydrogens is 474 g/mol. The fraction of sp³-hybridized carbons (Fsp3) is 0.172. The summed E-state index contributed by atoms with van der Waals surface area (Å²) in [6.45, 7) is 0. The van der Waals surface area contributed by atoms with Gasteiger partial charge in [-0.2, -0.15) is 0 Å². The number of anilines is 1. The first-order valence-corrected chi connectivity index (χ1v) is 12.8. The summed E-state index contributed by atoms with van der Waals surface area (Å²) in [5, 5.41) is 0.686. The van der Waals surface area contributed by atoms with E-state index in [0.29, 0.717) is 9.55 Å². The Bertz CT molecular complexity index is 1640. The summed E-state index contributed by atoms with van der Waals surface area (Å²) >= 11 is 7.66. The zero-order chi connectivity index (χ0) is 24.1. The Morgan fingerprint density at radius 3 is 2.49 bits per heavy atom. The van der Waals surface area contributed by atoms with Crippen molar-refractivity contribution in [3.05, 3.63) is 125 Å². The van der Waals surface area contributed by atoms with Crippen LogP contribution in [-0.2, 0) is 6.42 Å². The molecule has 1 aromatic heterocycles. The molecule has 6 heteroatoms. The number of fused-ring (bicyclic) bond motifs is 3. The molecule has 0 fully saturated rings. The van der Waals surface area contributed by atoms with Gasteiger partial charge in [0.25, 0.3) is 5.56 Å². The van der Waals surface area contributed by atoms with Crippen LogP contribution in [0.5, 0.6) is 0 Å². The van der Waals surface area contributed by atoms with Crippen LogP contribution in [-0.4, -0.2) is 18.7 Å². The van der Waals surface area contributed by atoms with Gasteiger partial charge in [0.05, 0.1) is 16.3 Å². The fourth-order valence-electron chi connectivity index (χ4n) is 4.99. The number of allylic oxidation sites excluding steroid dienone is 1. The molecule has 2 aliphatic rings. The van der Waals surface area contributed by atoms with Gasteiger partial charge in [-0.25, -0.2) is 4.99 Å². The highest BCUT2D eigenvalue weighted by atomic mass is 35.5. The zero-order valence-electron chi connectivity index (χ0n) is 19.5. The minimum Gasteiger partial charge on any atom is -0.378 e. The lowest BCUT2D eigenvalue weighted by Gasteiger charge is -2.30. The van der Waals surface area contributed by atoms with Crippen molar-refractivity contribution >= 4 is 40.4 Å². The van der Waals surface area contributed by atoms with Gasteiger partial charge < -0.3 is 4.90 Å². The van der Waals surface area contributed by atoms with E-state index in [4.69, 9.17) is 16.6 Å². The molecule has 1 aliphatic carbocycles. The lowest BCUT2D eigenvalue weighted by molar-refractivity contribution is 0.585. The summed E-state index contributed by atoms with van der Waals surface area (Å²) in [5.74, 6) is 0.